The number of imidazole rings is 1. The van der Waals surface area contributed by atoms with E-state index in [4.69, 9.17) is 4.99 Å². The number of aryl methyl sites for hydroxylation is 3. The van der Waals surface area contributed by atoms with Crippen LogP contribution < -0.4 is 10.6 Å². The van der Waals surface area contributed by atoms with Crippen LogP contribution in [0.25, 0.3) is 11.0 Å². The number of benzene rings is 1. The van der Waals surface area contributed by atoms with Gasteiger partial charge in [0.25, 0.3) is 0 Å². The first-order valence-corrected chi connectivity index (χ1v) is 10.3. The maximum Gasteiger partial charge on any atom is 0.191 e. The lowest BCUT2D eigenvalue weighted by atomic mass is 10.3. The Kier molecular flexibility index (Phi) is 6.81. The minimum Gasteiger partial charge on any atom is -0.357 e. The highest BCUT2D eigenvalue weighted by Crippen LogP contribution is 2.16. The Hall–Kier alpha value is -2.41. The first-order valence-electron chi connectivity index (χ1n) is 9.52. The molecule has 27 heavy (non-hydrogen) atoms. The fourth-order valence-electron chi connectivity index (χ4n) is 2.90. The number of guanidine groups is 1. The molecule has 3 rings (SSSR count). The second-order valence-electron chi connectivity index (χ2n) is 6.47. The number of nitrogens with one attached hydrogen (secondary N) is 2. The van der Waals surface area contributed by atoms with Gasteiger partial charge in [-0.3, -0.25) is 4.99 Å². The van der Waals surface area contributed by atoms with Gasteiger partial charge in [-0.05, 0) is 39.3 Å². The van der Waals surface area contributed by atoms with Gasteiger partial charge >= 0.3 is 0 Å². The van der Waals surface area contributed by atoms with Crippen LogP contribution in [0.5, 0.6) is 0 Å². The van der Waals surface area contributed by atoms with E-state index in [1.54, 1.807) is 11.3 Å². The smallest absolute Gasteiger partial charge is 0.191 e. The molecule has 0 unspecified atom stereocenters. The van der Waals surface area contributed by atoms with Crippen LogP contribution in [0.15, 0.2) is 35.6 Å². The Morgan fingerprint density at radius 2 is 2.07 bits per heavy atom. The van der Waals surface area contributed by atoms with E-state index in [-0.39, 0.29) is 0 Å². The van der Waals surface area contributed by atoms with E-state index in [0.717, 1.165) is 56.2 Å². The third-order valence-corrected chi connectivity index (χ3v) is 5.54. The van der Waals surface area contributed by atoms with E-state index in [1.165, 1.54) is 15.4 Å². The predicted molar refractivity (Wildman–Crippen MR) is 114 cm³/mol. The number of fused-ring (bicyclic) bond motifs is 1. The van der Waals surface area contributed by atoms with Gasteiger partial charge in [-0.25, -0.2) is 9.97 Å². The number of rotatable bonds is 8. The summed E-state index contributed by atoms with van der Waals surface area (Å²) >= 11 is 1.78. The van der Waals surface area contributed by atoms with Gasteiger partial charge in [0.05, 0.1) is 28.1 Å². The van der Waals surface area contributed by atoms with Crippen LogP contribution in [0.3, 0.4) is 0 Å². The van der Waals surface area contributed by atoms with Crippen molar-refractivity contribution in [3.63, 3.8) is 0 Å². The van der Waals surface area contributed by atoms with Gasteiger partial charge in [0.1, 0.15) is 0 Å². The summed E-state index contributed by atoms with van der Waals surface area (Å²) in [6.07, 6.45) is 3.81. The number of para-hydroxylation sites is 2. The average molecular weight is 385 g/mol. The summed E-state index contributed by atoms with van der Waals surface area (Å²) in [4.78, 5) is 15.0. The highest BCUT2D eigenvalue weighted by Gasteiger charge is 2.04. The van der Waals surface area contributed by atoms with Crippen molar-refractivity contribution in [1.29, 1.82) is 0 Å². The topological polar surface area (TPSA) is 67.1 Å². The van der Waals surface area contributed by atoms with Crippen molar-refractivity contribution in [1.82, 2.24) is 25.2 Å². The van der Waals surface area contributed by atoms with Gasteiger partial charge < -0.3 is 15.2 Å². The van der Waals surface area contributed by atoms with Crippen LogP contribution in [0.1, 0.15) is 28.9 Å². The van der Waals surface area contributed by atoms with Gasteiger partial charge in [-0.1, -0.05) is 12.1 Å². The molecule has 0 radical (unpaired) electrons. The van der Waals surface area contributed by atoms with Crippen molar-refractivity contribution in [2.75, 3.05) is 19.6 Å². The summed E-state index contributed by atoms with van der Waals surface area (Å²) in [5.74, 6) is 0.873. The maximum absolute atomic E-state index is 4.69. The molecule has 0 saturated heterocycles. The van der Waals surface area contributed by atoms with E-state index < -0.39 is 0 Å². The molecule has 0 aliphatic rings. The van der Waals surface area contributed by atoms with Gasteiger partial charge in [-0.15, -0.1) is 11.3 Å². The molecule has 1 aromatic carbocycles. The second kappa shape index (κ2) is 9.50. The van der Waals surface area contributed by atoms with Crippen molar-refractivity contribution < 1.29 is 0 Å². The standard InChI is InChI=1S/C20H28N6S/c1-4-21-20(23-12-10-19-25-15(2)16(3)27-19)22-11-7-13-26-14-24-17-8-5-6-9-18(17)26/h5-6,8-9,14H,4,7,10-13H2,1-3H3,(H2,21,22,23). The summed E-state index contributed by atoms with van der Waals surface area (Å²) in [6.45, 7) is 9.66. The molecule has 0 saturated carbocycles. The van der Waals surface area contributed by atoms with Crippen LogP contribution in [0.2, 0.25) is 0 Å². The van der Waals surface area contributed by atoms with Crippen LogP contribution in [0.4, 0.5) is 0 Å². The zero-order valence-corrected chi connectivity index (χ0v) is 17.1. The highest BCUT2D eigenvalue weighted by atomic mass is 32.1. The first-order chi connectivity index (χ1) is 13.2. The Labute approximate surface area is 164 Å². The molecule has 0 aliphatic carbocycles. The molecule has 0 bridgehead atoms. The van der Waals surface area contributed by atoms with Gasteiger partial charge in [0.15, 0.2) is 5.96 Å². The first kappa shape index (κ1) is 19.4. The molecule has 0 spiro atoms. The summed E-state index contributed by atoms with van der Waals surface area (Å²) in [5.41, 5.74) is 3.37. The van der Waals surface area contributed by atoms with E-state index in [0.29, 0.717) is 0 Å². The lowest BCUT2D eigenvalue weighted by molar-refractivity contribution is 0.661. The molecule has 144 valence electrons. The fourth-order valence-corrected chi connectivity index (χ4v) is 3.83. The normalized spacial score (nSPS) is 11.9. The van der Waals surface area contributed by atoms with Crippen LogP contribution in [-0.4, -0.2) is 40.1 Å². The van der Waals surface area contributed by atoms with Crippen LogP contribution >= 0.6 is 11.3 Å². The van der Waals surface area contributed by atoms with Crippen molar-refractivity contribution in [3.8, 4) is 0 Å². The summed E-state index contributed by atoms with van der Waals surface area (Å²) in [6, 6.07) is 8.23. The zero-order valence-electron chi connectivity index (χ0n) is 16.3. The molecule has 0 atom stereocenters. The molecular formula is C20H28N6S. The quantitative estimate of drug-likeness (QED) is 0.355. The predicted octanol–water partition coefficient (Wildman–Crippen LogP) is 3.30. The van der Waals surface area contributed by atoms with E-state index >= 15 is 0 Å². The monoisotopic (exact) mass is 384 g/mol. The van der Waals surface area contributed by atoms with Crippen molar-refractivity contribution in [3.05, 3.63) is 46.2 Å². The number of aromatic nitrogens is 3. The SMILES string of the molecule is CCNC(=NCCCn1cnc2ccccc21)NCCc1nc(C)c(C)s1. The summed E-state index contributed by atoms with van der Waals surface area (Å²) < 4.78 is 2.19. The number of nitrogens with zero attached hydrogens (tertiary/aromatic N) is 4. The third-order valence-electron chi connectivity index (χ3n) is 4.40. The Morgan fingerprint density at radius 1 is 1.22 bits per heavy atom. The Morgan fingerprint density at radius 3 is 2.85 bits per heavy atom. The summed E-state index contributed by atoms with van der Waals surface area (Å²) in [7, 11) is 0. The minimum absolute atomic E-state index is 0.775. The fraction of sp³-hybridized carbons (Fsp3) is 0.450. The molecule has 7 heteroatoms. The van der Waals surface area contributed by atoms with Gasteiger partial charge in [-0.2, -0.15) is 0 Å². The van der Waals surface area contributed by atoms with E-state index in [1.807, 2.05) is 18.5 Å². The van der Waals surface area contributed by atoms with Gasteiger partial charge in [0, 0.05) is 37.5 Å². The molecule has 6 nitrogen and oxygen atoms in total. The lowest BCUT2D eigenvalue weighted by Crippen LogP contribution is -2.38. The molecule has 2 aromatic heterocycles. The minimum atomic E-state index is 0.775. The number of thiazole rings is 1. The molecule has 0 aliphatic heterocycles. The molecular weight excluding hydrogens is 356 g/mol. The van der Waals surface area contributed by atoms with E-state index in [2.05, 4.69) is 58.1 Å². The average Bonchev–Trinajstić information content (AvgIpc) is 3.22. The van der Waals surface area contributed by atoms with Gasteiger partial charge in [0.2, 0.25) is 0 Å². The number of hydrogen-bond acceptors (Lipinski definition) is 4. The second-order valence-corrected chi connectivity index (χ2v) is 7.75. The molecule has 2 heterocycles. The molecule has 2 N–H and O–H groups in total. The van der Waals surface area contributed by atoms with Crippen LogP contribution in [-0.2, 0) is 13.0 Å². The molecule has 0 amide bonds. The molecule has 3 aromatic rings. The Balaban J connectivity index is 1.46. The number of hydrogen-bond donors (Lipinski definition) is 2. The zero-order chi connectivity index (χ0) is 19.1. The lowest BCUT2D eigenvalue weighted by Gasteiger charge is -2.10. The van der Waals surface area contributed by atoms with Crippen LogP contribution in [0, 0.1) is 13.8 Å². The third kappa shape index (κ3) is 5.29. The maximum atomic E-state index is 4.69. The summed E-state index contributed by atoms with van der Waals surface area (Å²) in [5, 5.41) is 7.90. The van der Waals surface area contributed by atoms with E-state index in [9.17, 15) is 0 Å². The Bertz CT molecular complexity index is 875. The highest BCUT2D eigenvalue weighted by molar-refractivity contribution is 7.11. The van der Waals surface area contributed by atoms with Crippen molar-refractivity contribution in [2.24, 2.45) is 4.99 Å². The van der Waals surface area contributed by atoms with Crippen molar-refractivity contribution in [2.45, 2.75) is 40.2 Å². The van der Waals surface area contributed by atoms with Crippen molar-refractivity contribution >= 4 is 28.3 Å². The largest absolute Gasteiger partial charge is 0.357 e. The number of aliphatic imine (C=N–C) groups is 1. The molecule has 0 fully saturated rings.